The smallest absolute Gasteiger partial charge is 0.240 e. The number of hydrogen-bond acceptors (Lipinski definition) is 4. The van der Waals surface area contributed by atoms with Gasteiger partial charge in [-0.3, -0.25) is 0 Å². The van der Waals surface area contributed by atoms with Crippen molar-refractivity contribution in [1.29, 1.82) is 0 Å². The monoisotopic (exact) mass is 252 g/mol. The Kier molecular flexibility index (Phi) is 5.75. The molecule has 0 spiro atoms. The molecule has 0 aliphatic rings. The summed E-state index contributed by atoms with van der Waals surface area (Å²) in [7, 11) is 0. The lowest BCUT2D eigenvalue weighted by Gasteiger charge is -2.12. The van der Waals surface area contributed by atoms with Gasteiger partial charge in [0.25, 0.3) is 0 Å². The van der Waals surface area contributed by atoms with Crippen molar-refractivity contribution in [2.45, 2.75) is 46.6 Å². The van der Waals surface area contributed by atoms with Crippen LogP contribution in [0.3, 0.4) is 0 Å². The highest BCUT2D eigenvalue weighted by molar-refractivity contribution is 5.49. The van der Waals surface area contributed by atoms with E-state index >= 15 is 0 Å². The van der Waals surface area contributed by atoms with Crippen LogP contribution in [0.15, 0.2) is 12.1 Å². The Bertz CT molecular complexity index is 365. The second-order valence-electron chi connectivity index (χ2n) is 5.10. The van der Waals surface area contributed by atoms with Crippen molar-refractivity contribution in [1.82, 2.24) is 4.98 Å². The molecule has 0 saturated carbocycles. The van der Waals surface area contributed by atoms with E-state index in [9.17, 15) is 0 Å². The molecule has 4 heteroatoms. The molecule has 0 aliphatic heterocycles. The minimum atomic E-state index is 0.0518. The molecule has 18 heavy (non-hydrogen) atoms. The lowest BCUT2D eigenvalue weighted by molar-refractivity contribution is 0.226. The first-order valence-corrected chi connectivity index (χ1v) is 6.55. The van der Waals surface area contributed by atoms with Crippen LogP contribution in [0.5, 0.6) is 11.8 Å². The van der Waals surface area contributed by atoms with Gasteiger partial charge in [0, 0.05) is 6.07 Å². The normalized spacial score (nSPS) is 11.0. The van der Waals surface area contributed by atoms with E-state index in [1.54, 1.807) is 12.1 Å². The summed E-state index contributed by atoms with van der Waals surface area (Å²) in [6, 6.07) is 3.54. The third kappa shape index (κ3) is 5.25. The Balaban J connectivity index is 2.51. The highest BCUT2D eigenvalue weighted by Gasteiger charge is 2.07. The van der Waals surface area contributed by atoms with Crippen LogP contribution in [0.4, 0.5) is 5.69 Å². The van der Waals surface area contributed by atoms with Crippen molar-refractivity contribution in [3.05, 3.63) is 12.1 Å². The van der Waals surface area contributed by atoms with Gasteiger partial charge in [-0.2, -0.15) is 4.98 Å². The molecule has 0 fully saturated rings. The molecule has 102 valence electrons. The number of ether oxygens (including phenoxy) is 2. The van der Waals surface area contributed by atoms with E-state index in [0.717, 1.165) is 12.8 Å². The van der Waals surface area contributed by atoms with E-state index in [1.165, 1.54) is 0 Å². The molecule has 0 unspecified atom stereocenters. The summed E-state index contributed by atoms with van der Waals surface area (Å²) in [5, 5.41) is 0. The van der Waals surface area contributed by atoms with Gasteiger partial charge in [0.2, 0.25) is 11.8 Å². The molecule has 1 heterocycles. The molecule has 2 N–H and O–H groups in total. The third-order valence-corrected chi connectivity index (χ3v) is 2.39. The van der Waals surface area contributed by atoms with Gasteiger partial charge in [0.05, 0.1) is 18.4 Å². The van der Waals surface area contributed by atoms with Gasteiger partial charge in [-0.1, -0.05) is 13.8 Å². The Hall–Kier alpha value is -1.45. The zero-order chi connectivity index (χ0) is 13.5. The van der Waals surface area contributed by atoms with Crippen molar-refractivity contribution in [3.8, 4) is 11.8 Å². The van der Waals surface area contributed by atoms with Crippen molar-refractivity contribution < 1.29 is 9.47 Å². The molecule has 0 atom stereocenters. The second kappa shape index (κ2) is 7.09. The van der Waals surface area contributed by atoms with Gasteiger partial charge in [0.1, 0.15) is 0 Å². The van der Waals surface area contributed by atoms with Gasteiger partial charge >= 0.3 is 0 Å². The maximum absolute atomic E-state index is 5.79. The van der Waals surface area contributed by atoms with Gasteiger partial charge in [0.15, 0.2) is 0 Å². The van der Waals surface area contributed by atoms with E-state index in [1.807, 2.05) is 13.8 Å². The summed E-state index contributed by atoms with van der Waals surface area (Å²) in [5.41, 5.74) is 6.33. The maximum atomic E-state index is 5.79. The summed E-state index contributed by atoms with van der Waals surface area (Å²) >= 11 is 0. The summed E-state index contributed by atoms with van der Waals surface area (Å²) in [6.07, 6.45) is 2.24. The van der Waals surface area contributed by atoms with Gasteiger partial charge < -0.3 is 15.2 Å². The second-order valence-corrected chi connectivity index (χ2v) is 5.10. The van der Waals surface area contributed by atoms with E-state index < -0.39 is 0 Å². The van der Waals surface area contributed by atoms with E-state index in [2.05, 4.69) is 18.8 Å². The van der Waals surface area contributed by atoms with Crippen LogP contribution < -0.4 is 15.2 Å². The molecule has 0 bridgehead atoms. The minimum absolute atomic E-state index is 0.0518. The average molecular weight is 252 g/mol. The fourth-order valence-corrected chi connectivity index (χ4v) is 1.50. The lowest BCUT2D eigenvalue weighted by atomic mass is 10.1. The van der Waals surface area contributed by atoms with E-state index in [0.29, 0.717) is 30.0 Å². The largest absolute Gasteiger partial charge is 0.478 e. The van der Waals surface area contributed by atoms with Gasteiger partial charge in [-0.15, -0.1) is 0 Å². The number of hydrogen-bond donors (Lipinski definition) is 1. The SMILES string of the molecule is CC(C)CCCOc1ccc(N)c(OC(C)C)n1. The fourth-order valence-electron chi connectivity index (χ4n) is 1.50. The Labute approximate surface area is 110 Å². The zero-order valence-electron chi connectivity index (χ0n) is 11.8. The summed E-state index contributed by atoms with van der Waals surface area (Å²) in [6.45, 7) is 8.97. The number of pyridine rings is 1. The summed E-state index contributed by atoms with van der Waals surface area (Å²) in [5.74, 6) is 1.72. The van der Waals surface area contributed by atoms with Gasteiger partial charge in [-0.25, -0.2) is 0 Å². The average Bonchev–Trinajstić information content (AvgIpc) is 2.27. The minimum Gasteiger partial charge on any atom is -0.478 e. The summed E-state index contributed by atoms with van der Waals surface area (Å²) < 4.78 is 11.1. The van der Waals surface area contributed by atoms with Gasteiger partial charge in [-0.05, 0) is 38.7 Å². The van der Waals surface area contributed by atoms with E-state index in [4.69, 9.17) is 15.2 Å². The number of anilines is 1. The Morgan fingerprint density at radius 1 is 1.22 bits per heavy atom. The predicted octanol–water partition coefficient (Wildman–Crippen LogP) is 3.27. The first kappa shape index (κ1) is 14.6. The first-order valence-electron chi connectivity index (χ1n) is 6.55. The van der Waals surface area contributed by atoms with Crippen molar-refractivity contribution >= 4 is 5.69 Å². The Morgan fingerprint density at radius 2 is 1.94 bits per heavy atom. The van der Waals surface area contributed by atoms with Crippen molar-refractivity contribution in [2.75, 3.05) is 12.3 Å². The fraction of sp³-hybridized carbons (Fsp3) is 0.643. The standard InChI is InChI=1S/C14H24N2O2/c1-10(2)6-5-9-17-13-8-7-12(15)14(16-13)18-11(3)4/h7-8,10-11H,5-6,9,15H2,1-4H3. The topological polar surface area (TPSA) is 57.4 Å². The van der Waals surface area contributed by atoms with Crippen LogP contribution in [0.2, 0.25) is 0 Å². The predicted molar refractivity (Wildman–Crippen MR) is 74.0 cm³/mol. The van der Waals surface area contributed by atoms with Crippen LogP contribution in [0.25, 0.3) is 0 Å². The highest BCUT2D eigenvalue weighted by atomic mass is 16.5. The molecular formula is C14H24N2O2. The molecule has 0 radical (unpaired) electrons. The van der Waals surface area contributed by atoms with E-state index in [-0.39, 0.29) is 6.10 Å². The number of nitrogens with two attached hydrogens (primary N) is 1. The molecular weight excluding hydrogens is 228 g/mol. The van der Waals surface area contributed by atoms with Crippen LogP contribution in [0.1, 0.15) is 40.5 Å². The van der Waals surface area contributed by atoms with Crippen LogP contribution in [-0.2, 0) is 0 Å². The maximum Gasteiger partial charge on any atom is 0.240 e. The molecule has 1 aromatic rings. The Morgan fingerprint density at radius 3 is 2.56 bits per heavy atom. The zero-order valence-corrected chi connectivity index (χ0v) is 11.8. The molecule has 0 aromatic carbocycles. The number of nitrogen functional groups attached to an aromatic ring is 1. The number of nitrogens with zero attached hydrogens (tertiary/aromatic N) is 1. The number of aromatic nitrogens is 1. The molecule has 0 saturated heterocycles. The summed E-state index contributed by atoms with van der Waals surface area (Å²) in [4.78, 5) is 4.26. The molecule has 4 nitrogen and oxygen atoms in total. The lowest BCUT2D eigenvalue weighted by Crippen LogP contribution is -2.10. The molecule has 0 aliphatic carbocycles. The van der Waals surface area contributed by atoms with Crippen molar-refractivity contribution in [2.24, 2.45) is 5.92 Å². The quantitative estimate of drug-likeness (QED) is 0.757. The van der Waals surface area contributed by atoms with Crippen LogP contribution in [0, 0.1) is 5.92 Å². The molecule has 1 aromatic heterocycles. The third-order valence-electron chi connectivity index (χ3n) is 2.39. The highest BCUT2D eigenvalue weighted by Crippen LogP contribution is 2.23. The van der Waals surface area contributed by atoms with Crippen LogP contribution >= 0.6 is 0 Å². The molecule has 1 rings (SSSR count). The van der Waals surface area contributed by atoms with Crippen LogP contribution in [-0.4, -0.2) is 17.7 Å². The first-order chi connectivity index (χ1) is 8.49. The van der Waals surface area contributed by atoms with Crippen molar-refractivity contribution in [3.63, 3.8) is 0 Å². The molecule has 0 amide bonds. The number of rotatable bonds is 7.